The zero-order valence-electron chi connectivity index (χ0n) is 11.8. The lowest BCUT2D eigenvalue weighted by molar-refractivity contribution is -0.384. The molecule has 8 heteroatoms. The number of nitrogens with zero attached hydrogens (tertiary/aromatic N) is 1. The zero-order chi connectivity index (χ0) is 15.8. The summed E-state index contributed by atoms with van der Waals surface area (Å²) >= 11 is 5.91. The van der Waals surface area contributed by atoms with E-state index in [1.54, 1.807) is 6.92 Å². The summed E-state index contributed by atoms with van der Waals surface area (Å²) in [5, 5.41) is 13.6. The van der Waals surface area contributed by atoms with Crippen LogP contribution in [-0.2, 0) is 9.84 Å². The summed E-state index contributed by atoms with van der Waals surface area (Å²) in [5.41, 5.74) is 1.17. The minimum absolute atomic E-state index is 0.0435. The lowest BCUT2D eigenvalue weighted by Gasteiger charge is -2.22. The monoisotopic (exact) mass is 332 g/mol. The Bertz CT molecular complexity index is 675. The topological polar surface area (TPSA) is 89.3 Å². The van der Waals surface area contributed by atoms with Crippen molar-refractivity contribution in [2.45, 2.75) is 37.5 Å². The first-order valence-electron chi connectivity index (χ1n) is 6.60. The number of sulfone groups is 1. The summed E-state index contributed by atoms with van der Waals surface area (Å²) in [4.78, 5) is 10.3. The maximum Gasteiger partial charge on any atom is 0.288 e. The van der Waals surface area contributed by atoms with Crippen LogP contribution in [0.15, 0.2) is 12.1 Å². The Hall–Kier alpha value is -1.34. The highest BCUT2D eigenvalue weighted by molar-refractivity contribution is 7.91. The number of rotatable bonds is 4. The SMILES string of the molecule is Cc1cc([N+](=O)[O-])c(Cl)cc1NC1CCCC1S(C)(=O)=O. The van der Waals surface area contributed by atoms with Crippen molar-refractivity contribution >= 4 is 32.8 Å². The quantitative estimate of drug-likeness (QED) is 0.676. The average Bonchev–Trinajstić information content (AvgIpc) is 2.81. The van der Waals surface area contributed by atoms with Crippen LogP contribution in [0.2, 0.25) is 5.02 Å². The van der Waals surface area contributed by atoms with Crippen LogP contribution in [0.4, 0.5) is 11.4 Å². The van der Waals surface area contributed by atoms with Crippen molar-refractivity contribution in [3.8, 4) is 0 Å². The van der Waals surface area contributed by atoms with Crippen molar-refractivity contribution in [1.82, 2.24) is 0 Å². The molecule has 2 rings (SSSR count). The molecular weight excluding hydrogens is 316 g/mol. The number of nitro groups is 1. The van der Waals surface area contributed by atoms with Gasteiger partial charge < -0.3 is 5.32 Å². The highest BCUT2D eigenvalue weighted by Gasteiger charge is 2.35. The Balaban J connectivity index is 2.28. The van der Waals surface area contributed by atoms with Gasteiger partial charge >= 0.3 is 0 Å². The molecule has 1 fully saturated rings. The normalized spacial score (nSPS) is 22.2. The van der Waals surface area contributed by atoms with Crippen molar-refractivity contribution in [3.05, 3.63) is 32.8 Å². The summed E-state index contributed by atoms with van der Waals surface area (Å²) in [6.45, 7) is 1.73. The number of hydrogen-bond acceptors (Lipinski definition) is 5. The number of aryl methyl sites for hydroxylation is 1. The Morgan fingerprint density at radius 3 is 2.62 bits per heavy atom. The average molecular weight is 333 g/mol. The first-order chi connectivity index (χ1) is 9.70. The van der Waals surface area contributed by atoms with Crippen LogP contribution in [-0.4, -0.2) is 30.9 Å². The molecule has 0 heterocycles. The number of hydrogen-bond donors (Lipinski definition) is 1. The van der Waals surface area contributed by atoms with E-state index < -0.39 is 20.0 Å². The zero-order valence-corrected chi connectivity index (χ0v) is 13.4. The largest absolute Gasteiger partial charge is 0.381 e. The third kappa shape index (κ3) is 3.47. The molecule has 1 aliphatic rings. The summed E-state index contributed by atoms with van der Waals surface area (Å²) in [6, 6.07) is 2.71. The molecule has 6 nitrogen and oxygen atoms in total. The van der Waals surface area contributed by atoms with Gasteiger partial charge in [-0.1, -0.05) is 11.6 Å². The molecule has 2 unspecified atom stereocenters. The van der Waals surface area contributed by atoms with Gasteiger partial charge in [-0.25, -0.2) is 8.42 Å². The van der Waals surface area contributed by atoms with E-state index >= 15 is 0 Å². The van der Waals surface area contributed by atoms with Crippen LogP contribution < -0.4 is 5.32 Å². The van der Waals surface area contributed by atoms with E-state index in [0.29, 0.717) is 17.7 Å². The van der Waals surface area contributed by atoms with Gasteiger partial charge in [0.2, 0.25) is 0 Å². The Kier molecular flexibility index (Phi) is 4.43. The Morgan fingerprint density at radius 2 is 2.05 bits per heavy atom. The highest BCUT2D eigenvalue weighted by atomic mass is 35.5. The van der Waals surface area contributed by atoms with E-state index in [1.165, 1.54) is 18.4 Å². The van der Waals surface area contributed by atoms with Gasteiger partial charge in [-0.2, -0.15) is 0 Å². The van der Waals surface area contributed by atoms with Gasteiger partial charge in [0, 0.05) is 24.1 Å². The van der Waals surface area contributed by atoms with Crippen LogP contribution in [0.3, 0.4) is 0 Å². The van der Waals surface area contributed by atoms with E-state index in [4.69, 9.17) is 11.6 Å². The lowest BCUT2D eigenvalue weighted by Crippen LogP contribution is -2.34. The van der Waals surface area contributed by atoms with Crippen molar-refractivity contribution in [2.24, 2.45) is 0 Å². The molecule has 2 atom stereocenters. The fraction of sp³-hybridized carbons (Fsp3) is 0.538. The number of halogens is 1. The molecule has 21 heavy (non-hydrogen) atoms. The van der Waals surface area contributed by atoms with Crippen LogP contribution in [0.5, 0.6) is 0 Å². The predicted octanol–water partition coefficient (Wildman–Crippen LogP) is 2.93. The maximum absolute atomic E-state index is 11.8. The first kappa shape index (κ1) is 16.0. The third-order valence-corrected chi connectivity index (χ3v) is 5.80. The number of benzene rings is 1. The van der Waals surface area contributed by atoms with Crippen molar-refractivity contribution in [3.63, 3.8) is 0 Å². The molecule has 1 saturated carbocycles. The minimum Gasteiger partial charge on any atom is -0.381 e. The van der Waals surface area contributed by atoms with Crippen molar-refractivity contribution < 1.29 is 13.3 Å². The first-order valence-corrected chi connectivity index (χ1v) is 8.93. The molecule has 0 saturated heterocycles. The molecule has 0 aromatic heterocycles. The number of anilines is 1. The van der Waals surface area contributed by atoms with Gasteiger partial charge in [-0.15, -0.1) is 0 Å². The van der Waals surface area contributed by atoms with Crippen LogP contribution >= 0.6 is 11.6 Å². The Morgan fingerprint density at radius 1 is 1.38 bits per heavy atom. The fourth-order valence-electron chi connectivity index (χ4n) is 2.77. The summed E-state index contributed by atoms with van der Waals surface area (Å²) < 4.78 is 23.5. The van der Waals surface area contributed by atoms with E-state index in [9.17, 15) is 18.5 Å². The van der Waals surface area contributed by atoms with Gasteiger partial charge in [0.1, 0.15) is 5.02 Å². The van der Waals surface area contributed by atoms with Crippen LogP contribution in [0, 0.1) is 17.0 Å². The second-order valence-corrected chi connectivity index (χ2v) is 8.10. The van der Waals surface area contributed by atoms with Crippen molar-refractivity contribution in [1.29, 1.82) is 0 Å². The van der Waals surface area contributed by atoms with E-state index in [0.717, 1.165) is 12.8 Å². The van der Waals surface area contributed by atoms with E-state index in [2.05, 4.69) is 5.32 Å². The summed E-state index contributed by atoms with van der Waals surface area (Å²) in [7, 11) is -3.12. The molecule has 0 amide bonds. The van der Waals surface area contributed by atoms with Crippen molar-refractivity contribution in [2.75, 3.05) is 11.6 Å². The second-order valence-electron chi connectivity index (χ2n) is 5.43. The molecule has 0 radical (unpaired) electrons. The van der Waals surface area contributed by atoms with E-state index in [1.807, 2.05) is 0 Å². The Labute approximate surface area is 128 Å². The number of nitrogens with one attached hydrogen (secondary N) is 1. The van der Waals surface area contributed by atoms with Gasteiger partial charge in [-0.05, 0) is 37.8 Å². The van der Waals surface area contributed by atoms with Crippen LogP contribution in [0.1, 0.15) is 24.8 Å². The highest BCUT2D eigenvalue weighted by Crippen LogP contribution is 2.33. The molecule has 0 spiro atoms. The molecule has 1 aromatic rings. The second kappa shape index (κ2) is 5.81. The standard InChI is InChI=1S/C13H17ClN2O4S/c1-8-6-12(16(17)18)9(14)7-11(8)15-10-4-3-5-13(10)21(2,19)20/h6-7,10,13,15H,3-5H2,1-2H3. The predicted molar refractivity (Wildman–Crippen MR) is 82.7 cm³/mol. The van der Waals surface area contributed by atoms with E-state index in [-0.39, 0.29) is 16.8 Å². The molecule has 1 N–H and O–H groups in total. The number of nitro benzene ring substituents is 1. The minimum atomic E-state index is -3.12. The van der Waals surface area contributed by atoms with Gasteiger partial charge in [-0.3, -0.25) is 10.1 Å². The smallest absolute Gasteiger partial charge is 0.288 e. The van der Waals surface area contributed by atoms with Gasteiger partial charge in [0.15, 0.2) is 9.84 Å². The molecular formula is C13H17ClN2O4S. The maximum atomic E-state index is 11.8. The van der Waals surface area contributed by atoms with Crippen LogP contribution in [0.25, 0.3) is 0 Å². The summed E-state index contributed by atoms with van der Waals surface area (Å²) in [6.07, 6.45) is 3.48. The summed E-state index contributed by atoms with van der Waals surface area (Å²) in [5.74, 6) is 0. The molecule has 116 valence electrons. The molecule has 0 bridgehead atoms. The lowest BCUT2D eigenvalue weighted by atomic mass is 10.1. The van der Waals surface area contributed by atoms with Gasteiger partial charge in [0.05, 0.1) is 10.2 Å². The molecule has 1 aliphatic carbocycles. The molecule has 1 aromatic carbocycles. The molecule has 0 aliphatic heterocycles. The third-order valence-electron chi connectivity index (χ3n) is 3.83. The fourth-order valence-corrected chi connectivity index (χ4v) is 4.39. The van der Waals surface area contributed by atoms with Gasteiger partial charge in [0.25, 0.3) is 5.69 Å².